The zero-order valence-electron chi connectivity index (χ0n) is 42.2. The second kappa shape index (κ2) is 17.7. The third-order valence-corrected chi connectivity index (χ3v) is 13.2. The van der Waals surface area contributed by atoms with E-state index in [1.807, 2.05) is 81.9 Å². The van der Waals surface area contributed by atoms with Crippen LogP contribution in [0, 0.1) is 66.7 Å². The first-order chi connectivity index (χ1) is 36.5. The lowest BCUT2D eigenvalue weighted by molar-refractivity contribution is -0.137. The van der Waals surface area contributed by atoms with Crippen LogP contribution in [0.3, 0.4) is 0 Å². The molecule has 0 aliphatic carbocycles. The highest BCUT2D eigenvalue weighted by molar-refractivity contribution is 6.13. The molecule has 0 N–H and O–H groups in total. The summed E-state index contributed by atoms with van der Waals surface area (Å²) in [6.45, 7) is 14.4. The van der Waals surface area contributed by atoms with Gasteiger partial charge in [-0.1, -0.05) is 66.7 Å². The van der Waals surface area contributed by atoms with Gasteiger partial charge >= 0.3 is 6.18 Å². The van der Waals surface area contributed by atoms with E-state index in [1.165, 1.54) is 12.1 Å². The zero-order valence-corrected chi connectivity index (χ0v) is 42.2. The number of hydrogen-bond donors (Lipinski definition) is 0. The van der Waals surface area contributed by atoms with E-state index in [9.17, 15) is 5.26 Å². The molecule has 6 aromatic heterocycles. The van der Waals surface area contributed by atoms with Crippen LogP contribution in [0.4, 0.5) is 13.2 Å². The maximum Gasteiger partial charge on any atom is 0.417 e. The summed E-state index contributed by atoms with van der Waals surface area (Å²) >= 11 is 0. The number of rotatable bonds is 7. The van der Waals surface area contributed by atoms with Gasteiger partial charge in [-0.25, -0.2) is 59.8 Å². The monoisotopic (exact) mass is 1010 g/mol. The molecule has 0 bridgehead atoms. The van der Waals surface area contributed by atoms with E-state index in [-0.39, 0.29) is 16.7 Å². The van der Waals surface area contributed by atoms with E-state index in [0.29, 0.717) is 126 Å². The minimum absolute atomic E-state index is 0.0918. The van der Waals surface area contributed by atoms with Crippen molar-refractivity contribution in [2.45, 2.75) is 61.6 Å². The Morgan fingerprint density at radius 2 is 0.658 bits per heavy atom. The predicted octanol–water partition coefficient (Wildman–Crippen LogP) is 12.3. The van der Waals surface area contributed by atoms with Crippen molar-refractivity contribution < 1.29 is 13.2 Å². The first kappa shape index (κ1) is 47.3. The van der Waals surface area contributed by atoms with E-state index in [0.717, 1.165) is 27.6 Å². The Balaban J connectivity index is 1.26. The Bertz CT molecular complexity index is 3930. The van der Waals surface area contributed by atoms with Crippen LogP contribution in [-0.2, 0) is 6.18 Å². The van der Waals surface area contributed by atoms with E-state index < -0.39 is 11.7 Å². The molecule has 0 unspecified atom stereocenters. The number of benzene rings is 6. The van der Waals surface area contributed by atoms with Gasteiger partial charge in [0.05, 0.1) is 39.0 Å². The second-order valence-electron chi connectivity index (χ2n) is 18.7. The predicted molar refractivity (Wildman–Crippen MR) is 283 cm³/mol. The second-order valence-corrected chi connectivity index (χ2v) is 18.7. The van der Waals surface area contributed by atoms with Crippen LogP contribution in [0.2, 0.25) is 0 Å². The summed E-state index contributed by atoms with van der Waals surface area (Å²) < 4.78 is 50.0. The Labute approximate surface area is 432 Å². The van der Waals surface area contributed by atoms with Gasteiger partial charge in [0, 0.05) is 43.8 Å². The number of nitrogens with zero attached hydrogens (tertiary/aromatic N) is 15. The summed E-state index contributed by atoms with van der Waals surface area (Å²) in [5.41, 5.74) is 5.11. The molecular weight excluding hydrogens is 964 g/mol. The third kappa shape index (κ3) is 8.18. The van der Waals surface area contributed by atoms with E-state index >= 15 is 13.2 Å². The molecule has 0 radical (unpaired) electrons. The maximum atomic E-state index is 15.4. The fourth-order valence-corrected chi connectivity index (χ4v) is 10.3. The largest absolute Gasteiger partial charge is 0.417 e. The number of nitriles is 1. The summed E-state index contributed by atoms with van der Waals surface area (Å²) in [5, 5.41) is 15.1. The molecule has 370 valence electrons. The van der Waals surface area contributed by atoms with Gasteiger partial charge in [0.15, 0.2) is 23.3 Å². The van der Waals surface area contributed by atoms with Crippen molar-refractivity contribution in [1.82, 2.24) is 68.9 Å². The fraction of sp³-hybridized carbons (Fsp3) is 0.155. The molecule has 6 aromatic carbocycles. The lowest BCUT2D eigenvalue weighted by Gasteiger charge is -2.20. The lowest BCUT2D eigenvalue weighted by atomic mass is 9.96. The Morgan fingerprint density at radius 3 is 0.934 bits per heavy atom. The van der Waals surface area contributed by atoms with E-state index in [2.05, 4.69) is 26.0 Å². The van der Waals surface area contributed by atoms with Crippen molar-refractivity contribution in [3.63, 3.8) is 0 Å². The highest BCUT2D eigenvalue weighted by Crippen LogP contribution is 2.45. The van der Waals surface area contributed by atoms with Crippen LogP contribution in [0.25, 0.3) is 112 Å². The summed E-state index contributed by atoms with van der Waals surface area (Å²) in [6, 6.07) is 34.7. The first-order valence-corrected chi connectivity index (χ1v) is 24.2. The molecular formula is C58H42F3N15. The summed E-state index contributed by atoms with van der Waals surface area (Å²) in [7, 11) is 0. The molecule has 0 saturated heterocycles. The molecule has 0 fully saturated rings. The quantitative estimate of drug-likeness (QED) is 0.147. The average Bonchev–Trinajstić information content (AvgIpc) is 3.88. The van der Waals surface area contributed by atoms with Crippen LogP contribution in [-0.4, -0.2) is 68.9 Å². The highest BCUT2D eigenvalue weighted by atomic mass is 19.4. The van der Waals surface area contributed by atoms with Gasteiger partial charge in [0.1, 0.15) is 58.2 Å². The van der Waals surface area contributed by atoms with Crippen molar-refractivity contribution in [3.8, 4) is 74.1 Å². The van der Waals surface area contributed by atoms with Gasteiger partial charge in [-0.15, -0.1) is 0 Å². The van der Waals surface area contributed by atoms with Crippen LogP contribution >= 0.6 is 0 Å². The molecule has 0 saturated carbocycles. The van der Waals surface area contributed by atoms with Crippen molar-refractivity contribution in [3.05, 3.63) is 167 Å². The minimum atomic E-state index is -4.75. The zero-order chi connectivity index (χ0) is 52.9. The average molecular weight is 1010 g/mol. The lowest BCUT2D eigenvalue weighted by Crippen LogP contribution is -2.09. The maximum absolute atomic E-state index is 15.4. The van der Waals surface area contributed by atoms with Gasteiger partial charge in [0.2, 0.25) is 0 Å². The number of alkyl halides is 3. The van der Waals surface area contributed by atoms with Gasteiger partial charge in [-0.05, 0) is 109 Å². The van der Waals surface area contributed by atoms with Crippen LogP contribution in [0.15, 0.2) is 109 Å². The molecule has 15 nitrogen and oxygen atoms in total. The molecule has 12 rings (SSSR count). The fourth-order valence-electron chi connectivity index (χ4n) is 10.3. The topological polar surface area (TPSA) is 188 Å². The number of halogens is 3. The number of fused-ring (bicyclic) bond motifs is 6. The molecule has 0 aliphatic heterocycles. The Hall–Kier alpha value is -9.76. The van der Waals surface area contributed by atoms with Crippen LogP contribution in [0.5, 0.6) is 0 Å². The molecule has 0 aliphatic rings. The minimum Gasteiger partial charge on any atom is -0.308 e. The van der Waals surface area contributed by atoms with Gasteiger partial charge in [-0.2, -0.15) is 18.4 Å². The van der Waals surface area contributed by atoms with E-state index in [4.69, 9.17) is 39.9 Å². The molecule has 12 aromatic rings. The van der Waals surface area contributed by atoms with Crippen LogP contribution in [0.1, 0.15) is 57.7 Å². The number of hydrogen-bond acceptors (Lipinski definition) is 13. The molecule has 0 amide bonds. The number of aryl methyl sites for hydroxylation is 8. The molecule has 0 spiro atoms. The first-order valence-electron chi connectivity index (χ1n) is 24.2. The Kier molecular flexibility index (Phi) is 11.0. The van der Waals surface area contributed by atoms with Gasteiger partial charge in [0.25, 0.3) is 0 Å². The SMILES string of the molecule is Cc1nc(C)nc(-c2ccc3c4ccc(-c5nc(C)nc(C)n5)cc4n(-c4cc(-c5ccccc5C(F)(F)F)cc(-n5c6cc(-c7nc(C)nc(C)n7)ccc6c6ccc(-c7nc(C)nc(C)n7)cc65)c4C#N)c3c2)n1. The van der Waals surface area contributed by atoms with Gasteiger partial charge in [-0.3, -0.25) is 0 Å². The summed E-state index contributed by atoms with van der Waals surface area (Å²) in [4.78, 5) is 55.3. The Morgan fingerprint density at radius 1 is 0.368 bits per heavy atom. The molecule has 0 atom stereocenters. The summed E-state index contributed by atoms with van der Waals surface area (Å²) in [5.74, 6) is 5.96. The van der Waals surface area contributed by atoms with Crippen molar-refractivity contribution >= 4 is 43.6 Å². The van der Waals surface area contributed by atoms with Gasteiger partial charge < -0.3 is 9.13 Å². The third-order valence-electron chi connectivity index (χ3n) is 13.2. The highest BCUT2D eigenvalue weighted by Gasteiger charge is 2.34. The summed E-state index contributed by atoms with van der Waals surface area (Å²) in [6.07, 6.45) is -4.75. The normalized spacial score (nSPS) is 11.9. The van der Waals surface area contributed by atoms with Crippen LogP contribution < -0.4 is 0 Å². The standard InChI is InChI=1S/C58H42F3N15/c1-28-63-29(2)68-54(67-28)36-13-17-42-43-18-14-37(55-69-30(3)64-31(4)70-55)22-49(43)75(48(42)21-36)52-25-40(41-11-9-10-12-47(41)58(59,60)61)26-53(46(52)27-62)76-50-23-38(56-71-32(5)65-33(6)72-56)15-19-44(50)45-20-16-39(24-51(45)76)57-73-34(7)66-35(8)74-57/h9-26H,1-8H3. The molecule has 76 heavy (non-hydrogen) atoms. The molecule has 6 heterocycles. The molecule has 18 heteroatoms. The van der Waals surface area contributed by atoms with E-state index in [1.54, 1.807) is 73.6 Å². The smallest absolute Gasteiger partial charge is 0.308 e. The van der Waals surface area contributed by atoms with Crippen molar-refractivity contribution in [2.24, 2.45) is 0 Å². The number of aromatic nitrogens is 14. The van der Waals surface area contributed by atoms with Crippen molar-refractivity contribution in [1.29, 1.82) is 5.26 Å². The van der Waals surface area contributed by atoms with Crippen molar-refractivity contribution in [2.75, 3.05) is 0 Å².